The van der Waals surface area contributed by atoms with Gasteiger partial charge in [0, 0.05) is 25.9 Å². The Kier molecular flexibility index (Phi) is 4.22. The minimum absolute atomic E-state index is 0.193. The number of nitrogens with one attached hydrogen (secondary N) is 1. The predicted octanol–water partition coefficient (Wildman–Crippen LogP) is 0.901. The molecule has 0 aromatic carbocycles. The van der Waals surface area contributed by atoms with Crippen molar-refractivity contribution >= 4 is 23.1 Å². The van der Waals surface area contributed by atoms with Crippen molar-refractivity contribution in [1.82, 2.24) is 10.2 Å². The predicted molar refractivity (Wildman–Crippen MR) is 76.3 cm³/mol. The van der Waals surface area contributed by atoms with Crippen LogP contribution in [-0.2, 0) is 4.79 Å². The summed E-state index contributed by atoms with van der Waals surface area (Å²) in [4.78, 5) is 14.7. The van der Waals surface area contributed by atoms with E-state index in [1.165, 1.54) is 12.8 Å². The number of thiocarbonyl (C=S) groups is 1. The quantitative estimate of drug-likeness (QED) is 0.728. The molecule has 0 aromatic rings. The van der Waals surface area contributed by atoms with E-state index >= 15 is 0 Å². The van der Waals surface area contributed by atoms with Crippen LogP contribution in [0.2, 0.25) is 0 Å². The van der Waals surface area contributed by atoms with Crippen LogP contribution in [-0.4, -0.2) is 42.5 Å². The minimum atomic E-state index is 0.193. The van der Waals surface area contributed by atoms with Crippen molar-refractivity contribution in [1.29, 1.82) is 0 Å². The molecule has 1 saturated carbocycles. The summed E-state index contributed by atoms with van der Waals surface area (Å²) in [5.41, 5.74) is 6.03. The van der Waals surface area contributed by atoms with E-state index in [1.807, 2.05) is 0 Å². The van der Waals surface area contributed by atoms with E-state index in [4.69, 9.17) is 18.0 Å². The molecule has 1 heterocycles. The van der Waals surface area contributed by atoms with Crippen molar-refractivity contribution in [3.05, 3.63) is 0 Å². The van der Waals surface area contributed by atoms with Crippen molar-refractivity contribution in [2.45, 2.75) is 32.1 Å². The Balaban J connectivity index is 1.77. The van der Waals surface area contributed by atoms with E-state index in [0.717, 1.165) is 38.9 Å². The number of hydrogen-bond acceptors (Lipinski definition) is 3. The maximum atomic E-state index is 11.6. The van der Waals surface area contributed by atoms with Crippen molar-refractivity contribution in [3.8, 4) is 0 Å². The van der Waals surface area contributed by atoms with Crippen molar-refractivity contribution in [2.24, 2.45) is 17.1 Å². The molecule has 1 aliphatic carbocycles. The molecule has 2 aliphatic rings. The van der Waals surface area contributed by atoms with Crippen LogP contribution in [0.4, 0.5) is 0 Å². The molecule has 1 amide bonds. The normalized spacial score (nSPS) is 23.6. The number of amides is 1. The lowest BCUT2D eigenvalue weighted by Gasteiger charge is -2.33. The van der Waals surface area contributed by atoms with Gasteiger partial charge in [0.15, 0.2) is 0 Å². The number of rotatable bonds is 5. The Morgan fingerprint density at radius 2 is 2.06 bits per heavy atom. The van der Waals surface area contributed by atoms with Gasteiger partial charge in [-0.1, -0.05) is 12.2 Å². The molecule has 1 aliphatic heterocycles. The summed E-state index contributed by atoms with van der Waals surface area (Å²) in [7, 11) is 1.72. The number of carbonyl (C=O) groups excluding carboxylic acids is 1. The fraction of sp³-hybridized carbons (Fsp3) is 0.846. The molecule has 2 fully saturated rings. The van der Waals surface area contributed by atoms with Gasteiger partial charge >= 0.3 is 0 Å². The standard InChI is InChI=1S/C13H23N3OS/c1-15-12(17)10-2-6-16(7-3-10)9-13(4-5-13)8-11(14)18/h10H,2-9H2,1H3,(H2,14,18)(H,15,17). The maximum absolute atomic E-state index is 11.6. The topological polar surface area (TPSA) is 58.4 Å². The SMILES string of the molecule is CNC(=O)C1CCN(CC2(CC(N)=S)CC2)CC1. The van der Waals surface area contributed by atoms with Gasteiger partial charge in [0.05, 0.1) is 4.99 Å². The van der Waals surface area contributed by atoms with Gasteiger partial charge in [0.1, 0.15) is 0 Å². The van der Waals surface area contributed by atoms with Gasteiger partial charge in [0.2, 0.25) is 5.91 Å². The first-order chi connectivity index (χ1) is 8.54. The number of likely N-dealkylation sites (tertiary alicyclic amines) is 1. The lowest BCUT2D eigenvalue weighted by Crippen LogP contribution is -2.42. The summed E-state index contributed by atoms with van der Waals surface area (Å²) < 4.78 is 0. The third-order valence-corrected chi connectivity index (χ3v) is 4.41. The average molecular weight is 269 g/mol. The van der Waals surface area contributed by atoms with Crippen LogP contribution in [0.25, 0.3) is 0 Å². The third-order valence-electron chi connectivity index (χ3n) is 4.27. The van der Waals surface area contributed by atoms with E-state index in [2.05, 4.69) is 10.2 Å². The molecule has 0 unspecified atom stereocenters. The smallest absolute Gasteiger partial charge is 0.222 e. The number of piperidine rings is 1. The van der Waals surface area contributed by atoms with Crippen LogP contribution in [0.1, 0.15) is 32.1 Å². The largest absolute Gasteiger partial charge is 0.393 e. The Morgan fingerprint density at radius 3 is 2.50 bits per heavy atom. The number of carbonyl (C=O) groups is 1. The molecule has 0 spiro atoms. The van der Waals surface area contributed by atoms with Crippen LogP contribution >= 0.6 is 12.2 Å². The number of nitrogens with zero attached hydrogens (tertiary/aromatic N) is 1. The van der Waals surface area contributed by atoms with Gasteiger partial charge in [-0.3, -0.25) is 4.79 Å². The highest BCUT2D eigenvalue weighted by Gasteiger charge is 2.44. The Morgan fingerprint density at radius 1 is 1.44 bits per heavy atom. The van der Waals surface area contributed by atoms with Crippen molar-refractivity contribution < 1.29 is 4.79 Å². The average Bonchev–Trinajstić information content (AvgIpc) is 3.07. The third kappa shape index (κ3) is 3.42. The Bertz CT molecular complexity index is 333. The molecule has 5 heteroatoms. The van der Waals surface area contributed by atoms with E-state index in [-0.39, 0.29) is 11.8 Å². The lowest BCUT2D eigenvalue weighted by atomic mass is 9.94. The summed E-state index contributed by atoms with van der Waals surface area (Å²) in [6.07, 6.45) is 5.34. The Hall–Kier alpha value is -0.680. The molecule has 2 rings (SSSR count). The fourth-order valence-electron chi connectivity index (χ4n) is 2.97. The highest BCUT2D eigenvalue weighted by atomic mass is 32.1. The molecular formula is C13H23N3OS. The van der Waals surface area contributed by atoms with E-state index in [9.17, 15) is 4.79 Å². The second-order valence-corrected chi connectivity index (χ2v) is 6.33. The molecule has 0 atom stereocenters. The highest BCUT2D eigenvalue weighted by molar-refractivity contribution is 7.80. The van der Waals surface area contributed by atoms with Crippen LogP contribution in [0.5, 0.6) is 0 Å². The molecule has 102 valence electrons. The first-order valence-electron chi connectivity index (χ1n) is 6.77. The molecule has 4 nitrogen and oxygen atoms in total. The molecular weight excluding hydrogens is 246 g/mol. The monoisotopic (exact) mass is 269 g/mol. The Labute approximate surface area is 114 Å². The van der Waals surface area contributed by atoms with E-state index in [0.29, 0.717) is 10.4 Å². The van der Waals surface area contributed by atoms with Crippen LogP contribution in [0.15, 0.2) is 0 Å². The molecule has 18 heavy (non-hydrogen) atoms. The van der Waals surface area contributed by atoms with Crippen LogP contribution < -0.4 is 11.1 Å². The maximum Gasteiger partial charge on any atom is 0.222 e. The molecule has 0 bridgehead atoms. The van der Waals surface area contributed by atoms with Gasteiger partial charge in [-0.25, -0.2) is 0 Å². The molecule has 0 radical (unpaired) electrons. The highest BCUT2D eigenvalue weighted by Crippen LogP contribution is 2.49. The molecule has 1 saturated heterocycles. The van der Waals surface area contributed by atoms with Gasteiger partial charge in [0.25, 0.3) is 0 Å². The van der Waals surface area contributed by atoms with Gasteiger partial charge in [-0.05, 0) is 44.2 Å². The van der Waals surface area contributed by atoms with Gasteiger partial charge < -0.3 is 16.0 Å². The second-order valence-electron chi connectivity index (χ2n) is 5.81. The van der Waals surface area contributed by atoms with E-state index < -0.39 is 0 Å². The first-order valence-corrected chi connectivity index (χ1v) is 7.18. The summed E-state index contributed by atoms with van der Waals surface area (Å²) >= 11 is 5.03. The zero-order valence-corrected chi connectivity index (χ0v) is 11.9. The minimum Gasteiger partial charge on any atom is -0.393 e. The summed E-state index contributed by atoms with van der Waals surface area (Å²) in [6.45, 7) is 3.15. The summed E-state index contributed by atoms with van der Waals surface area (Å²) in [5.74, 6) is 0.399. The number of hydrogen-bond donors (Lipinski definition) is 2. The zero-order chi connectivity index (χ0) is 13.2. The molecule has 3 N–H and O–H groups in total. The fourth-order valence-corrected chi connectivity index (χ4v) is 3.28. The van der Waals surface area contributed by atoms with Gasteiger partial charge in [-0.15, -0.1) is 0 Å². The summed E-state index contributed by atoms with van der Waals surface area (Å²) in [6, 6.07) is 0. The first kappa shape index (κ1) is 13.7. The zero-order valence-electron chi connectivity index (χ0n) is 11.1. The summed E-state index contributed by atoms with van der Waals surface area (Å²) in [5, 5.41) is 2.75. The van der Waals surface area contributed by atoms with Gasteiger partial charge in [-0.2, -0.15) is 0 Å². The second kappa shape index (κ2) is 5.53. The van der Waals surface area contributed by atoms with Crippen molar-refractivity contribution in [2.75, 3.05) is 26.7 Å². The number of nitrogens with two attached hydrogens (primary N) is 1. The van der Waals surface area contributed by atoms with Crippen molar-refractivity contribution in [3.63, 3.8) is 0 Å². The van der Waals surface area contributed by atoms with Crippen LogP contribution in [0.3, 0.4) is 0 Å². The van der Waals surface area contributed by atoms with E-state index in [1.54, 1.807) is 7.05 Å². The lowest BCUT2D eigenvalue weighted by molar-refractivity contribution is -0.125. The van der Waals surface area contributed by atoms with Crippen LogP contribution in [0, 0.1) is 11.3 Å². The molecule has 0 aromatic heterocycles.